The van der Waals surface area contributed by atoms with Gasteiger partial charge in [-0.1, -0.05) is 48.5 Å². The van der Waals surface area contributed by atoms with Crippen LogP contribution in [0.3, 0.4) is 0 Å². The standard InChI is InChI=1S/C27H21N2O/c1-17-12-13-29(3)23(14-17)24-18(2)15-20(16-28)25-22-11-7-10-21(26(22)30-27(24)25)19-8-5-4-6-9-19/h4-15H,1-3H3/q+1. The molecule has 0 fully saturated rings. The van der Waals surface area contributed by atoms with Gasteiger partial charge in [-0.05, 0) is 36.6 Å². The van der Waals surface area contributed by atoms with Gasteiger partial charge in [0.1, 0.15) is 12.6 Å². The van der Waals surface area contributed by atoms with Crippen molar-refractivity contribution in [3.63, 3.8) is 0 Å². The van der Waals surface area contributed by atoms with Crippen LogP contribution in [0.1, 0.15) is 16.7 Å². The molecule has 3 heteroatoms. The van der Waals surface area contributed by atoms with Gasteiger partial charge in [-0.25, -0.2) is 4.57 Å². The van der Waals surface area contributed by atoms with Gasteiger partial charge in [-0.2, -0.15) is 5.26 Å². The molecule has 3 aromatic carbocycles. The zero-order chi connectivity index (χ0) is 20.8. The molecule has 5 aromatic rings. The first-order valence-corrected chi connectivity index (χ1v) is 9.99. The van der Waals surface area contributed by atoms with Crippen molar-refractivity contribution < 1.29 is 8.98 Å². The molecule has 0 N–H and O–H groups in total. The largest absolute Gasteiger partial charge is 0.454 e. The van der Waals surface area contributed by atoms with Gasteiger partial charge < -0.3 is 4.42 Å². The van der Waals surface area contributed by atoms with Gasteiger partial charge in [-0.15, -0.1) is 0 Å². The summed E-state index contributed by atoms with van der Waals surface area (Å²) in [5.74, 6) is 0. The number of furan rings is 1. The molecule has 30 heavy (non-hydrogen) atoms. The number of para-hydroxylation sites is 1. The second-order valence-electron chi connectivity index (χ2n) is 7.78. The number of aromatic nitrogens is 1. The van der Waals surface area contributed by atoms with Gasteiger partial charge in [0.15, 0.2) is 11.8 Å². The molecular weight excluding hydrogens is 368 g/mol. The maximum absolute atomic E-state index is 9.89. The Kier molecular flexibility index (Phi) is 4.15. The molecule has 2 heterocycles. The topological polar surface area (TPSA) is 40.8 Å². The average Bonchev–Trinajstić information content (AvgIpc) is 3.15. The van der Waals surface area contributed by atoms with Crippen LogP contribution in [-0.2, 0) is 7.05 Å². The summed E-state index contributed by atoms with van der Waals surface area (Å²) in [6.07, 6.45) is 2.06. The molecule has 0 saturated carbocycles. The molecule has 0 bridgehead atoms. The molecule has 5 rings (SSSR count). The highest BCUT2D eigenvalue weighted by Crippen LogP contribution is 2.42. The molecule has 0 aliphatic heterocycles. The van der Waals surface area contributed by atoms with Crippen LogP contribution in [-0.4, -0.2) is 0 Å². The minimum Gasteiger partial charge on any atom is -0.454 e. The summed E-state index contributed by atoms with van der Waals surface area (Å²) >= 11 is 0. The Labute approximate surface area is 175 Å². The van der Waals surface area contributed by atoms with Crippen LogP contribution in [0.5, 0.6) is 0 Å². The van der Waals surface area contributed by atoms with E-state index in [9.17, 15) is 5.26 Å². The van der Waals surface area contributed by atoms with Gasteiger partial charge >= 0.3 is 0 Å². The van der Waals surface area contributed by atoms with E-state index in [1.807, 2.05) is 50.4 Å². The number of rotatable bonds is 2. The lowest BCUT2D eigenvalue weighted by atomic mass is 9.95. The number of pyridine rings is 1. The van der Waals surface area contributed by atoms with Crippen LogP contribution < -0.4 is 4.57 Å². The van der Waals surface area contributed by atoms with Crippen molar-refractivity contribution in [2.75, 3.05) is 0 Å². The van der Waals surface area contributed by atoms with E-state index in [1.54, 1.807) is 0 Å². The molecule has 2 aromatic heterocycles. The smallest absolute Gasteiger partial charge is 0.216 e. The third kappa shape index (κ3) is 2.69. The van der Waals surface area contributed by atoms with Gasteiger partial charge in [0.05, 0.1) is 17.2 Å². The zero-order valence-electron chi connectivity index (χ0n) is 17.2. The summed E-state index contributed by atoms with van der Waals surface area (Å²) in [5.41, 5.74) is 8.67. The van der Waals surface area contributed by atoms with E-state index in [1.165, 1.54) is 5.56 Å². The Hall–Kier alpha value is -3.90. The molecular formula is C27H21N2O+. The number of aryl methyl sites for hydroxylation is 3. The Morgan fingerprint density at radius 2 is 1.70 bits per heavy atom. The summed E-state index contributed by atoms with van der Waals surface area (Å²) in [5, 5.41) is 11.7. The Balaban J connectivity index is 1.96. The van der Waals surface area contributed by atoms with Crippen molar-refractivity contribution in [1.29, 1.82) is 5.26 Å². The first-order valence-electron chi connectivity index (χ1n) is 9.99. The highest BCUT2D eigenvalue weighted by atomic mass is 16.3. The SMILES string of the molecule is Cc1cc[n+](C)c(-c2c(C)cc(C#N)c3c2oc2c(-c4ccccc4)cccc23)c1. The second-order valence-corrected chi connectivity index (χ2v) is 7.78. The highest BCUT2D eigenvalue weighted by molar-refractivity contribution is 6.15. The fourth-order valence-electron chi connectivity index (χ4n) is 4.28. The maximum Gasteiger partial charge on any atom is 0.216 e. The van der Waals surface area contributed by atoms with E-state index in [4.69, 9.17) is 4.42 Å². The van der Waals surface area contributed by atoms with Crippen molar-refractivity contribution >= 4 is 21.9 Å². The van der Waals surface area contributed by atoms with E-state index in [0.717, 1.165) is 49.9 Å². The van der Waals surface area contributed by atoms with Crippen molar-refractivity contribution in [2.45, 2.75) is 13.8 Å². The first-order chi connectivity index (χ1) is 14.6. The van der Waals surface area contributed by atoms with E-state index in [2.05, 4.69) is 54.1 Å². The molecule has 0 radical (unpaired) electrons. The molecule has 0 aliphatic carbocycles. The quantitative estimate of drug-likeness (QED) is 0.336. The second kappa shape index (κ2) is 6.86. The van der Waals surface area contributed by atoms with Gasteiger partial charge in [0, 0.05) is 28.5 Å². The minimum atomic E-state index is 0.644. The number of hydrogen-bond acceptors (Lipinski definition) is 2. The third-order valence-corrected chi connectivity index (χ3v) is 5.73. The monoisotopic (exact) mass is 389 g/mol. The molecule has 0 atom stereocenters. The summed E-state index contributed by atoms with van der Waals surface area (Å²) in [7, 11) is 2.04. The van der Waals surface area contributed by atoms with Crippen LogP contribution in [0, 0.1) is 25.2 Å². The molecule has 3 nitrogen and oxygen atoms in total. The fourth-order valence-corrected chi connectivity index (χ4v) is 4.28. The number of benzene rings is 3. The molecule has 144 valence electrons. The molecule has 0 aliphatic rings. The average molecular weight is 389 g/mol. The van der Waals surface area contributed by atoms with E-state index in [-0.39, 0.29) is 0 Å². The molecule has 0 amide bonds. The summed E-state index contributed by atoms with van der Waals surface area (Å²) in [6, 6.07) is 25.0. The predicted molar refractivity (Wildman–Crippen MR) is 120 cm³/mol. The van der Waals surface area contributed by atoms with Crippen molar-refractivity contribution in [3.05, 3.63) is 89.6 Å². The lowest BCUT2D eigenvalue weighted by Crippen LogP contribution is -2.30. The minimum absolute atomic E-state index is 0.644. The highest BCUT2D eigenvalue weighted by Gasteiger charge is 2.24. The van der Waals surface area contributed by atoms with Gasteiger partial charge in [-0.3, -0.25) is 0 Å². The summed E-state index contributed by atoms with van der Waals surface area (Å²) < 4.78 is 8.68. The van der Waals surface area contributed by atoms with E-state index in [0.29, 0.717) is 5.56 Å². The van der Waals surface area contributed by atoms with Gasteiger partial charge in [0.2, 0.25) is 5.69 Å². The van der Waals surface area contributed by atoms with Crippen LogP contribution in [0.2, 0.25) is 0 Å². The number of fused-ring (bicyclic) bond motifs is 3. The van der Waals surface area contributed by atoms with Crippen molar-refractivity contribution in [2.24, 2.45) is 7.05 Å². The normalized spacial score (nSPS) is 11.1. The zero-order valence-corrected chi connectivity index (χ0v) is 17.2. The Bertz CT molecular complexity index is 1470. The summed E-state index contributed by atoms with van der Waals surface area (Å²) in [6.45, 7) is 4.13. The first kappa shape index (κ1) is 18.1. The molecule has 0 saturated heterocycles. The lowest BCUT2D eigenvalue weighted by Gasteiger charge is -2.07. The number of hydrogen-bond donors (Lipinski definition) is 0. The van der Waals surface area contributed by atoms with Crippen LogP contribution >= 0.6 is 0 Å². The number of nitrogens with zero attached hydrogens (tertiary/aromatic N) is 2. The van der Waals surface area contributed by atoms with Crippen LogP contribution in [0.4, 0.5) is 0 Å². The van der Waals surface area contributed by atoms with Crippen molar-refractivity contribution in [1.82, 2.24) is 0 Å². The van der Waals surface area contributed by atoms with Crippen molar-refractivity contribution in [3.8, 4) is 28.5 Å². The summed E-state index contributed by atoms with van der Waals surface area (Å²) in [4.78, 5) is 0. The van der Waals surface area contributed by atoms with E-state index >= 15 is 0 Å². The maximum atomic E-state index is 9.89. The lowest BCUT2D eigenvalue weighted by molar-refractivity contribution is -0.660. The van der Waals surface area contributed by atoms with Gasteiger partial charge in [0.25, 0.3) is 0 Å². The van der Waals surface area contributed by atoms with E-state index < -0.39 is 0 Å². The van der Waals surface area contributed by atoms with Crippen LogP contribution in [0.25, 0.3) is 44.3 Å². The number of nitriles is 1. The Morgan fingerprint density at radius 3 is 2.47 bits per heavy atom. The molecule has 0 unspecified atom stereocenters. The predicted octanol–water partition coefficient (Wildman–Crippen LogP) is 6.23. The Morgan fingerprint density at radius 1 is 0.900 bits per heavy atom. The van der Waals surface area contributed by atoms with Crippen LogP contribution in [0.15, 0.2) is 77.3 Å². The molecule has 0 spiro atoms. The fraction of sp³-hybridized carbons (Fsp3) is 0.111. The third-order valence-electron chi connectivity index (χ3n) is 5.73.